The van der Waals surface area contributed by atoms with Crippen molar-refractivity contribution < 1.29 is 14.4 Å². The largest absolute Gasteiger partial charge is 0.497 e. The topological polar surface area (TPSA) is 91.9 Å². The van der Waals surface area contributed by atoms with Crippen LogP contribution in [0.25, 0.3) is 0 Å². The van der Waals surface area contributed by atoms with E-state index in [-0.39, 0.29) is 0 Å². The Morgan fingerprint density at radius 1 is 1.26 bits per heavy atom. The molecule has 0 radical (unpaired) electrons. The lowest BCUT2D eigenvalue weighted by molar-refractivity contribution is 0.180. The second-order valence-corrected chi connectivity index (χ2v) is 6.11. The van der Waals surface area contributed by atoms with E-state index in [2.05, 4.69) is 27.7 Å². The minimum absolute atomic E-state index is 0.337. The molecule has 3 N–H and O–H groups in total. The summed E-state index contributed by atoms with van der Waals surface area (Å²) in [7, 11) is 1.61. The third-order valence-corrected chi connectivity index (χ3v) is 4.29. The number of hydrogen-bond acceptors (Lipinski definition) is 5. The van der Waals surface area contributed by atoms with Crippen molar-refractivity contribution in [1.29, 1.82) is 0 Å². The van der Waals surface area contributed by atoms with Crippen LogP contribution in [0.4, 0.5) is 0 Å². The molecule has 148 valence electrons. The van der Waals surface area contributed by atoms with Gasteiger partial charge in [0.1, 0.15) is 11.5 Å². The summed E-state index contributed by atoms with van der Waals surface area (Å²) in [6.45, 7) is 7.65. The number of methoxy groups -OCH3 is 1. The predicted octanol–water partition coefficient (Wildman–Crippen LogP) is 2.60. The Labute approximate surface area is 160 Å². The molecule has 0 bridgehead atoms. The van der Waals surface area contributed by atoms with Gasteiger partial charge in [0.05, 0.1) is 25.5 Å². The summed E-state index contributed by atoms with van der Waals surface area (Å²) in [5.41, 5.74) is 2.78. The zero-order valence-corrected chi connectivity index (χ0v) is 16.6. The number of nitrogens with one attached hydrogen (secondary N) is 2. The molecule has 7 nitrogen and oxygen atoms in total. The summed E-state index contributed by atoms with van der Waals surface area (Å²) < 4.78 is 10.6. The first-order chi connectivity index (χ1) is 13.1. The zero-order chi connectivity index (χ0) is 19.6. The van der Waals surface area contributed by atoms with Crippen molar-refractivity contribution in [2.45, 2.75) is 46.3 Å². The molecule has 0 spiro atoms. The molecule has 0 aliphatic carbocycles. The van der Waals surface area contributed by atoms with Crippen molar-refractivity contribution in [1.82, 2.24) is 15.8 Å². The van der Waals surface area contributed by atoms with Crippen molar-refractivity contribution in [2.24, 2.45) is 4.99 Å². The number of aryl methyl sites for hydroxylation is 2. The Kier molecular flexibility index (Phi) is 8.13. The third-order valence-electron chi connectivity index (χ3n) is 4.29. The number of ether oxygens (including phenoxy) is 1. The van der Waals surface area contributed by atoms with Gasteiger partial charge in [0.25, 0.3) is 0 Å². The van der Waals surface area contributed by atoms with Crippen LogP contribution in [0.15, 0.2) is 33.8 Å². The maximum Gasteiger partial charge on any atom is 0.191 e. The Morgan fingerprint density at radius 3 is 2.74 bits per heavy atom. The van der Waals surface area contributed by atoms with E-state index in [9.17, 15) is 5.11 Å². The van der Waals surface area contributed by atoms with E-state index in [0.717, 1.165) is 47.7 Å². The van der Waals surface area contributed by atoms with E-state index >= 15 is 0 Å². The van der Waals surface area contributed by atoms with E-state index in [1.54, 1.807) is 7.11 Å². The molecule has 2 rings (SSSR count). The van der Waals surface area contributed by atoms with E-state index in [1.165, 1.54) is 0 Å². The molecular formula is C20H30N4O3. The highest BCUT2D eigenvalue weighted by molar-refractivity contribution is 5.79. The lowest BCUT2D eigenvalue weighted by Gasteiger charge is -2.16. The number of benzene rings is 1. The Bertz CT molecular complexity index is 721. The van der Waals surface area contributed by atoms with Gasteiger partial charge in [-0.3, -0.25) is 0 Å². The van der Waals surface area contributed by atoms with Gasteiger partial charge in [-0.05, 0) is 31.0 Å². The normalized spacial score (nSPS) is 12.7. The van der Waals surface area contributed by atoms with Crippen LogP contribution < -0.4 is 15.4 Å². The van der Waals surface area contributed by atoms with Gasteiger partial charge in [-0.25, -0.2) is 4.99 Å². The molecule has 0 saturated carbocycles. The molecule has 1 unspecified atom stereocenters. The maximum atomic E-state index is 10.4. The van der Waals surface area contributed by atoms with Crippen molar-refractivity contribution in [3.8, 4) is 5.75 Å². The highest BCUT2D eigenvalue weighted by Crippen LogP contribution is 2.19. The molecule has 1 aromatic heterocycles. The maximum absolute atomic E-state index is 10.4. The van der Waals surface area contributed by atoms with Gasteiger partial charge in [-0.2, -0.15) is 0 Å². The molecule has 1 aromatic carbocycles. The number of aliphatic imine (C=N–C) groups is 1. The van der Waals surface area contributed by atoms with Gasteiger partial charge in [0.2, 0.25) is 0 Å². The van der Waals surface area contributed by atoms with Crippen LogP contribution >= 0.6 is 0 Å². The second-order valence-electron chi connectivity index (χ2n) is 6.11. The number of guanidine groups is 1. The lowest BCUT2D eigenvalue weighted by atomic mass is 10.1. The molecule has 0 amide bonds. The Morgan fingerprint density at radius 2 is 2.07 bits per heavy atom. The van der Waals surface area contributed by atoms with Crippen LogP contribution in [-0.4, -0.2) is 36.4 Å². The Hall–Kier alpha value is -2.54. The van der Waals surface area contributed by atoms with Crippen LogP contribution in [0.2, 0.25) is 0 Å². The van der Waals surface area contributed by atoms with Gasteiger partial charge in [-0.15, -0.1) is 0 Å². The Balaban J connectivity index is 2.04. The standard InChI is InChI=1S/C20H30N4O3/c1-5-17-16(19(6-2)27-24-17)12-22-20(21-7-3)23-13-18(25)14-9-8-10-15(11-14)26-4/h8-11,18,25H,5-7,12-13H2,1-4H3,(H2,21,22,23). The minimum Gasteiger partial charge on any atom is -0.497 e. The summed E-state index contributed by atoms with van der Waals surface area (Å²) in [5, 5.41) is 21.0. The number of rotatable bonds is 9. The summed E-state index contributed by atoms with van der Waals surface area (Å²) in [6.07, 6.45) is 0.931. The summed E-state index contributed by atoms with van der Waals surface area (Å²) in [4.78, 5) is 4.63. The fraction of sp³-hybridized carbons (Fsp3) is 0.500. The first kappa shape index (κ1) is 20.8. The average Bonchev–Trinajstić information content (AvgIpc) is 3.11. The van der Waals surface area contributed by atoms with E-state index in [1.807, 2.05) is 38.1 Å². The number of aromatic nitrogens is 1. The van der Waals surface area contributed by atoms with Gasteiger partial charge in [0, 0.05) is 25.1 Å². The average molecular weight is 374 g/mol. The molecular weight excluding hydrogens is 344 g/mol. The van der Waals surface area contributed by atoms with Crippen LogP contribution in [0, 0.1) is 0 Å². The molecule has 0 aliphatic heterocycles. The van der Waals surface area contributed by atoms with Crippen LogP contribution in [0.1, 0.15) is 49.5 Å². The number of aliphatic hydroxyl groups excluding tert-OH is 1. The minimum atomic E-state index is -0.669. The summed E-state index contributed by atoms with van der Waals surface area (Å²) in [5.74, 6) is 2.24. The summed E-state index contributed by atoms with van der Waals surface area (Å²) in [6, 6.07) is 7.41. The van der Waals surface area contributed by atoms with Crippen molar-refractivity contribution >= 4 is 5.96 Å². The fourth-order valence-corrected chi connectivity index (χ4v) is 2.78. The molecule has 0 saturated heterocycles. The number of aliphatic hydroxyl groups is 1. The SMILES string of the molecule is CCNC(=NCc1c(CC)noc1CC)NCC(O)c1cccc(OC)c1. The highest BCUT2D eigenvalue weighted by atomic mass is 16.5. The zero-order valence-electron chi connectivity index (χ0n) is 16.6. The molecule has 1 heterocycles. The molecule has 0 fully saturated rings. The second kappa shape index (κ2) is 10.6. The van der Waals surface area contributed by atoms with E-state index in [4.69, 9.17) is 9.26 Å². The lowest BCUT2D eigenvalue weighted by Crippen LogP contribution is -2.39. The van der Waals surface area contributed by atoms with Crippen LogP contribution in [0.3, 0.4) is 0 Å². The molecule has 27 heavy (non-hydrogen) atoms. The van der Waals surface area contributed by atoms with Crippen LogP contribution in [-0.2, 0) is 19.4 Å². The summed E-state index contributed by atoms with van der Waals surface area (Å²) >= 11 is 0. The third kappa shape index (κ3) is 5.72. The van der Waals surface area contributed by atoms with Gasteiger partial charge < -0.3 is 25.0 Å². The first-order valence-electron chi connectivity index (χ1n) is 9.43. The molecule has 0 aliphatic rings. The van der Waals surface area contributed by atoms with Gasteiger partial charge in [0.15, 0.2) is 5.96 Å². The van der Waals surface area contributed by atoms with Crippen molar-refractivity contribution in [3.63, 3.8) is 0 Å². The van der Waals surface area contributed by atoms with Gasteiger partial charge >= 0.3 is 0 Å². The van der Waals surface area contributed by atoms with Crippen LogP contribution in [0.5, 0.6) is 5.75 Å². The molecule has 7 heteroatoms. The molecule has 1 atom stereocenters. The van der Waals surface area contributed by atoms with Crippen molar-refractivity contribution in [2.75, 3.05) is 20.2 Å². The fourth-order valence-electron chi connectivity index (χ4n) is 2.78. The monoisotopic (exact) mass is 374 g/mol. The van der Waals surface area contributed by atoms with E-state index in [0.29, 0.717) is 19.0 Å². The van der Waals surface area contributed by atoms with Crippen molar-refractivity contribution in [3.05, 3.63) is 46.8 Å². The quantitative estimate of drug-likeness (QED) is 0.462. The highest BCUT2D eigenvalue weighted by Gasteiger charge is 2.14. The predicted molar refractivity (Wildman–Crippen MR) is 106 cm³/mol. The van der Waals surface area contributed by atoms with Gasteiger partial charge in [-0.1, -0.05) is 31.1 Å². The number of nitrogens with zero attached hydrogens (tertiary/aromatic N) is 2. The number of hydrogen-bond donors (Lipinski definition) is 3. The molecule has 2 aromatic rings. The first-order valence-corrected chi connectivity index (χ1v) is 9.43. The smallest absolute Gasteiger partial charge is 0.191 e. The van der Waals surface area contributed by atoms with E-state index < -0.39 is 6.10 Å².